The Morgan fingerprint density at radius 3 is 2.62 bits per heavy atom. The predicted octanol–water partition coefficient (Wildman–Crippen LogP) is 2.60. The largest absolute Gasteiger partial charge is 0.298 e. The number of hydrogen-bond donors (Lipinski definition) is 0. The van der Waals surface area contributed by atoms with Gasteiger partial charge in [-0.2, -0.15) is 0 Å². The molecule has 1 rings (SSSR count). The standard InChI is InChI=1S/C12H10O/c1-11(10-13)6-5-9-12-7-3-2-4-8-12/h2-4,7-10H,1H3. The minimum absolute atomic E-state index is 0.548. The fraction of sp³-hybridized carbons (Fsp3) is 0.0833. The maximum absolute atomic E-state index is 10.2. The van der Waals surface area contributed by atoms with Crippen LogP contribution in [0.3, 0.4) is 0 Å². The second-order valence-electron chi connectivity index (χ2n) is 2.63. The Hall–Kier alpha value is -1.81. The molecule has 0 aliphatic carbocycles. The summed E-state index contributed by atoms with van der Waals surface area (Å²) in [5, 5.41) is 0. The molecular formula is C12H10O. The van der Waals surface area contributed by atoms with Crippen molar-refractivity contribution in [1.29, 1.82) is 0 Å². The number of allylic oxidation sites excluding steroid dienone is 1. The highest BCUT2D eigenvalue weighted by Crippen LogP contribution is 1.98. The number of carbonyl (C=O) groups excluding carboxylic acids is 1. The van der Waals surface area contributed by atoms with Crippen LogP contribution in [0.25, 0.3) is 6.08 Å². The van der Waals surface area contributed by atoms with Crippen LogP contribution in [0, 0.1) is 0 Å². The Bertz CT molecular complexity index is 375. The van der Waals surface area contributed by atoms with E-state index in [-0.39, 0.29) is 0 Å². The van der Waals surface area contributed by atoms with Crippen LogP contribution in [-0.2, 0) is 4.79 Å². The van der Waals surface area contributed by atoms with Crippen molar-refractivity contribution in [2.24, 2.45) is 0 Å². The second kappa shape index (κ2) is 4.95. The zero-order valence-electron chi connectivity index (χ0n) is 7.45. The average molecular weight is 170 g/mol. The van der Waals surface area contributed by atoms with Gasteiger partial charge in [-0.1, -0.05) is 41.8 Å². The summed E-state index contributed by atoms with van der Waals surface area (Å²) in [6.07, 6.45) is 2.54. The number of aldehydes is 1. The Balaban J connectivity index is 2.92. The van der Waals surface area contributed by atoms with E-state index in [9.17, 15) is 4.79 Å². The molecule has 0 saturated heterocycles. The minimum Gasteiger partial charge on any atom is -0.298 e. The number of hydrogen-bond acceptors (Lipinski definition) is 1. The van der Waals surface area contributed by atoms with Gasteiger partial charge in [-0.05, 0) is 18.6 Å². The number of rotatable bonds is 2. The molecule has 0 spiro atoms. The van der Waals surface area contributed by atoms with Gasteiger partial charge in [0.05, 0.1) is 0 Å². The summed E-state index contributed by atoms with van der Waals surface area (Å²) in [5.41, 5.74) is 7.13. The molecule has 13 heavy (non-hydrogen) atoms. The molecule has 0 aliphatic rings. The first-order chi connectivity index (χ1) is 6.33. The van der Waals surface area contributed by atoms with E-state index in [1.165, 1.54) is 0 Å². The third-order valence-electron chi connectivity index (χ3n) is 1.48. The summed E-state index contributed by atoms with van der Waals surface area (Å²) in [4.78, 5) is 10.2. The van der Waals surface area contributed by atoms with Crippen molar-refractivity contribution in [3.8, 4) is 0 Å². The molecule has 1 aromatic rings. The summed E-state index contributed by atoms with van der Waals surface area (Å²) in [5.74, 6) is 0. The van der Waals surface area contributed by atoms with E-state index in [1.807, 2.05) is 30.3 Å². The summed E-state index contributed by atoms with van der Waals surface area (Å²) in [6.45, 7) is 1.69. The molecule has 1 nitrogen and oxygen atoms in total. The molecule has 0 amide bonds. The highest BCUT2D eigenvalue weighted by Gasteiger charge is 1.79. The van der Waals surface area contributed by atoms with Gasteiger partial charge in [-0.25, -0.2) is 0 Å². The van der Waals surface area contributed by atoms with Crippen LogP contribution in [-0.4, -0.2) is 6.29 Å². The normalized spacial score (nSPS) is 8.08. The molecule has 0 bridgehead atoms. The van der Waals surface area contributed by atoms with Gasteiger partial charge in [0.2, 0.25) is 0 Å². The Labute approximate surface area is 77.7 Å². The lowest BCUT2D eigenvalue weighted by Crippen LogP contribution is -1.68. The lowest BCUT2D eigenvalue weighted by atomic mass is 10.2. The maximum atomic E-state index is 10.2. The predicted molar refractivity (Wildman–Crippen MR) is 53.2 cm³/mol. The van der Waals surface area contributed by atoms with Crippen molar-refractivity contribution < 1.29 is 4.79 Å². The van der Waals surface area contributed by atoms with E-state index in [0.29, 0.717) is 5.57 Å². The second-order valence-corrected chi connectivity index (χ2v) is 2.63. The molecule has 64 valence electrons. The van der Waals surface area contributed by atoms with E-state index in [1.54, 1.807) is 13.0 Å². The summed E-state index contributed by atoms with van der Waals surface area (Å²) < 4.78 is 0. The van der Waals surface area contributed by atoms with E-state index in [2.05, 4.69) is 11.5 Å². The molecular weight excluding hydrogens is 160 g/mol. The molecule has 0 atom stereocenters. The van der Waals surface area contributed by atoms with Crippen molar-refractivity contribution in [3.05, 3.63) is 52.9 Å². The van der Waals surface area contributed by atoms with E-state index in [0.717, 1.165) is 11.8 Å². The van der Waals surface area contributed by atoms with Crippen LogP contribution in [0.5, 0.6) is 0 Å². The van der Waals surface area contributed by atoms with Crippen LogP contribution < -0.4 is 0 Å². The third kappa shape index (κ3) is 3.39. The third-order valence-corrected chi connectivity index (χ3v) is 1.48. The molecule has 0 N–H and O–H groups in total. The summed E-state index contributed by atoms with van der Waals surface area (Å²) >= 11 is 0. The Morgan fingerprint density at radius 1 is 1.31 bits per heavy atom. The number of benzene rings is 1. The van der Waals surface area contributed by atoms with Crippen LogP contribution in [0.4, 0.5) is 0 Å². The smallest absolute Gasteiger partial charge is 0.154 e. The minimum atomic E-state index is 0.548. The van der Waals surface area contributed by atoms with Crippen LogP contribution >= 0.6 is 0 Å². The molecule has 0 unspecified atom stereocenters. The van der Waals surface area contributed by atoms with Crippen molar-refractivity contribution in [2.45, 2.75) is 6.92 Å². The topological polar surface area (TPSA) is 17.1 Å². The fourth-order valence-electron chi connectivity index (χ4n) is 0.812. The molecule has 0 radical (unpaired) electrons. The van der Waals surface area contributed by atoms with Gasteiger partial charge < -0.3 is 0 Å². The van der Waals surface area contributed by atoms with Gasteiger partial charge in [-0.15, -0.1) is 0 Å². The van der Waals surface area contributed by atoms with Gasteiger partial charge in [0.15, 0.2) is 6.29 Å². The van der Waals surface area contributed by atoms with Crippen molar-refractivity contribution in [2.75, 3.05) is 0 Å². The highest BCUT2D eigenvalue weighted by atomic mass is 16.1. The van der Waals surface area contributed by atoms with Crippen molar-refractivity contribution in [1.82, 2.24) is 0 Å². The SMILES string of the molecule is CC(=C=C=Cc1ccccc1)C=O. The van der Waals surface area contributed by atoms with E-state index >= 15 is 0 Å². The van der Waals surface area contributed by atoms with Crippen LogP contribution in [0.15, 0.2) is 47.4 Å². The maximum Gasteiger partial charge on any atom is 0.154 e. The highest BCUT2D eigenvalue weighted by molar-refractivity contribution is 5.71. The zero-order chi connectivity index (χ0) is 9.52. The van der Waals surface area contributed by atoms with Crippen LogP contribution in [0.2, 0.25) is 0 Å². The first-order valence-electron chi connectivity index (χ1n) is 4.01. The molecule has 1 aromatic carbocycles. The quantitative estimate of drug-likeness (QED) is 0.379. The van der Waals surface area contributed by atoms with E-state index < -0.39 is 0 Å². The first-order valence-corrected chi connectivity index (χ1v) is 4.01. The summed E-state index contributed by atoms with van der Waals surface area (Å²) in [6, 6.07) is 9.77. The Kier molecular flexibility index (Phi) is 3.53. The van der Waals surface area contributed by atoms with Crippen molar-refractivity contribution >= 4 is 12.4 Å². The van der Waals surface area contributed by atoms with Gasteiger partial charge in [0.1, 0.15) is 0 Å². The lowest BCUT2D eigenvalue weighted by molar-refractivity contribution is -0.104. The first kappa shape index (κ1) is 9.28. The summed E-state index contributed by atoms with van der Waals surface area (Å²) in [7, 11) is 0. The van der Waals surface area contributed by atoms with Gasteiger partial charge in [0.25, 0.3) is 0 Å². The van der Waals surface area contributed by atoms with Gasteiger partial charge >= 0.3 is 0 Å². The van der Waals surface area contributed by atoms with Crippen LogP contribution in [0.1, 0.15) is 12.5 Å². The lowest BCUT2D eigenvalue weighted by Gasteiger charge is -1.85. The van der Waals surface area contributed by atoms with E-state index in [4.69, 9.17) is 0 Å². The Morgan fingerprint density at radius 2 is 2.00 bits per heavy atom. The molecule has 0 aromatic heterocycles. The molecule has 0 heterocycles. The number of carbonyl (C=O) groups is 1. The van der Waals surface area contributed by atoms with Gasteiger partial charge in [-0.3, -0.25) is 4.79 Å². The molecule has 0 saturated carbocycles. The fourth-order valence-corrected chi connectivity index (χ4v) is 0.812. The molecule has 1 heteroatoms. The van der Waals surface area contributed by atoms with Gasteiger partial charge in [0, 0.05) is 5.57 Å². The molecule has 0 aliphatic heterocycles. The monoisotopic (exact) mass is 170 g/mol. The zero-order valence-corrected chi connectivity index (χ0v) is 7.45. The van der Waals surface area contributed by atoms with Crippen molar-refractivity contribution in [3.63, 3.8) is 0 Å². The molecule has 0 fully saturated rings. The average Bonchev–Trinajstić information content (AvgIpc) is 2.19.